The van der Waals surface area contributed by atoms with Gasteiger partial charge in [-0.3, -0.25) is 9.69 Å². The average Bonchev–Trinajstić information content (AvgIpc) is 2.28. The van der Waals surface area contributed by atoms with E-state index in [9.17, 15) is 9.59 Å². The summed E-state index contributed by atoms with van der Waals surface area (Å²) in [5.74, 6) is -0.202. The van der Waals surface area contributed by atoms with Gasteiger partial charge in [0, 0.05) is 19.6 Å². The van der Waals surface area contributed by atoms with Gasteiger partial charge in [-0.25, -0.2) is 4.79 Å². The number of hydrogen-bond donors (Lipinski definition) is 2. The van der Waals surface area contributed by atoms with E-state index in [1.54, 1.807) is 6.92 Å². The standard InChI is InChI=1S/C9H18N4O2/c1-9(6-12(2)3)7(14)13(5-4-10)8(15)11-9/h4-6,10H2,1-3H3,(H,11,15). The second-order valence-corrected chi connectivity index (χ2v) is 4.25. The molecule has 0 aromatic heterocycles. The number of amides is 3. The Morgan fingerprint density at radius 2 is 2.07 bits per heavy atom. The Labute approximate surface area is 89.4 Å². The first-order valence-corrected chi connectivity index (χ1v) is 4.89. The highest BCUT2D eigenvalue weighted by atomic mass is 16.2. The molecule has 0 aromatic carbocycles. The van der Waals surface area contributed by atoms with E-state index in [2.05, 4.69) is 5.32 Å². The molecule has 0 aliphatic carbocycles. The van der Waals surface area contributed by atoms with Crippen molar-refractivity contribution in [3.05, 3.63) is 0 Å². The summed E-state index contributed by atoms with van der Waals surface area (Å²) in [6.45, 7) is 2.77. The van der Waals surface area contributed by atoms with Crippen LogP contribution in [0.4, 0.5) is 4.79 Å². The van der Waals surface area contributed by atoms with E-state index >= 15 is 0 Å². The van der Waals surface area contributed by atoms with Crippen LogP contribution in [-0.4, -0.2) is 61.0 Å². The van der Waals surface area contributed by atoms with Crippen LogP contribution in [0.3, 0.4) is 0 Å². The molecular weight excluding hydrogens is 196 g/mol. The molecule has 0 saturated carbocycles. The van der Waals surface area contributed by atoms with Crippen molar-refractivity contribution in [1.82, 2.24) is 15.1 Å². The molecule has 0 spiro atoms. The summed E-state index contributed by atoms with van der Waals surface area (Å²) in [6.07, 6.45) is 0. The van der Waals surface area contributed by atoms with E-state index in [1.807, 2.05) is 19.0 Å². The molecule has 1 rings (SSSR count). The predicted octanol–water partition coefficient (Wildman–Crippen LogP) is -1.18. The van der Waals surface area contributed by atoms with Crippen molar-refractivity contribution < 1.29 is 9.59 Å². The molecule has 1 heterocycles. The zero-order valence-corrected chi connectivity index (χ0v) is 9.41. The van der Waals surface area contributed by atoms with E-state index in [0.29, 0.717) is 6.54 Å². The zero-order valence-electron chi connectivity index (χ0n) is 9.41. The molecule has 0 bridgehead atoms. The van der Waals surface area contributed by atoms with E-state index < -0.39 is 5.54 Å². The second-order valence-electron chi connectivity index (χ2n) is 4.25. The maximum atomic E-state index is 11.9. The van der Waals surface area contributed by atoms with E-state index in [0.717, 1.165) is 0 Å². The maximum Gasteiger partial charge on any atom is 0.325 e. The minimum absolute atomic E-state index is 0.202. The summed E-state index contributed by atoms with van der Waals surface area (Å²) in [6, 6.07) is -0.352. The van der Waals surface area contributed by atoms with Crippen molar-refractivity contribution in [2.45, 2.75) is 12.5 Å². The minimum Gasteiger partial charge on any atom is -0.329 e. The molecule has 0 radical (unpaired) electrons. The Bertz CT molecular complexity index is 279. The number of urea groups is 1. The zero-order chi connectivity index (χ0) is 11.6. The molecule has 6 heteroatoms. The third-order valence-corrected chi connectivity index (χ3v) is 2.33. The van der Waals surface area contributed by atoms with Gasteiger partial charge in [0.2, 0.25) is 0 Å². The van der Waals surface area contributed by atoms with Crippen LogP contribution in [0.15, 0.2) is 0 Å². The smallest absolute Gasteiger partial charge is 0.325 e. The molecular formula is C9H18N4O2. The SMILES string of the molecule is CN(C)CC1(C)NC(=O)N(CCN)C1=O. The summed E-state index contributed by atoms with van der Waals surface area (Å²) in [5, 5.41) is 2.69. The highest BCUT2D eigenvalue weighted by Crippen LogP contribution is 2.17. The monoisotopic (exact) mass is 214 g/mol. The van der Waals surface area contributed by atoms with Gasteiger partial charge in [0.15, 0.2) is 0 Å². The first-order valence-electron chi connectivity index (χ1n) is 4.89. The Morgan fingerprint density at radius 1 is 1.47 bits per heavy atom. The third kappa shape index (κ3) is 2.27. The molecule has 86 valence electrons. The highest BCUT2D eigenvalue weighted by Gasteiger charge is 2.47. The number of hydrogen-bond acceptors (Lipinski definition) is 4. The number of rotatable bonds is 4. The molecule has 3 amide bonds. The fourth-order valence-corrected chi connectivity index (χ4v) is 1.82. The Kier molecular flexibility index (Phi) is 3.31. The third-order valence-electron chi connectivity index (χ3n) is 2.33. The van der Waals surface area contributed by atoms with Crippen LogP contribution in [0.5, 0.6) is 0 Å². The molecule has 1 fully saturated rings. The van der Waals surface area contributed by atoms with Crippen LogP contribution in [0.2, 0.25) is 0 Å². The Morgan fingerprint density at radius 3 is 2.53 bits per heavy atom. The largest absolute Gasteiger partial charge is 0.329 e. The lowest BCUT2D eigenvalue weighted by Gasteiger charge is -2.25. The van der Waals surface area contributed by atoms with Crippen molar-refractivity contribution in [3.8, 4) is 0 Å². The maximum absolute atomic E-state index is 11.9. The van der Waals surface area contributed by atoms with Crippen LogP contribution in [0.25, 0.3) is 0 Å². The predicted molar refractivity (Wildman–Crippen MR) is 56.3 cm³/mol. The Balaban J connectivity index is 2.79. The second kappa shape index (κ2) is 4.16. The van der Waals surface area contributed by atoms with E-state index in [1.165, 1.54) is 4.90 Å². The number of nitrogens with two attached hydrogens (primary N) is 1. The molecule has 1 aliphatic heterocycles. The van der Waals surface area contributed by atoms with Gasteiger partial charge < -0.3 is 16.0 Å². The van der Waals surface area contributed by atoms with Crippen molar-refractivity contribution >= 4 is 11.9 Å². The van der Waals surface area contributed by atoms with Gasteiger partial charge in [0.05, 0.1) is 0 Å². The first-order chi connectivity index (χ1) is 6.90. The summed E-state index contributed by atoms with van der Waals surface area (Å²) in [5.41, 5.74) is 4.51. The van der Waals surface area contributed by atoms with Crippen LogP contribution < -0.4 is 11.1 Å². The number of nitrogens with zero attached hydrogens (tertiary/aromatic N) is 2. The molecule has 6 nitrogen and oxygen atoms in total. The number of carbonyl (C=O) groups excluding carboxylic acids is 2. The summed E-state index contributed by atoms with van der Waals surface area (Å²) < 4.78 is 0. The van der Waals surface area contributed by atoms with E-state index in [-0.39, 0.29) is 25.0 Å². The quantitative estimate of drug-likeness (QED) is 0.577. The van der Waals surface area contributed by atoms with Crippen molar-refractivity contribution in [2.24, 2.45) is 5.73 Å². The molecule has 3 N–H and O–H groups in total. The summed E-state index contributed by atoms with van der Waals surface area (Å²) >= 11 is 0. The van der Waals surface area contributed by atoms with Crippen LogP contribution in [-0.2, 0) is 4.79 Å². The highest BCUT2D eigenvalue weighted by molar-refractivity contribution is 6.06. The average molecular weight is 214 g/mol. The van der Waals surface area contributed by atoms with Gasteiger partial charge in [-0.2, -0.15) is 0 Å². The fraction of sp³-hybridized carbons (Fsp3) is 0.778. The van der Waals surface area contributed by atoms with Crippen molar-refractivity contribution in [1.29, 1.82) is 0 Å². The summed E-state index contributed by atoms with van der Waals surface area (Å²) in [7, 11) is 3.71. The lowest BCUT2D eigenvalue weighted by molar-refractivity contribution is -0.131. The van der Waals surface area contributed by atoms with Gasteiger partial charge in [-0.1, -0.05) is 0 Å². The number of carbonyl (C=O) groups is 2. The van der Waals surface area contributed by atoms with Gasteiger partial charge in [0.1, 0.15) is 5.54 Å². The topological polar surface area (TPSA) is 78.7 Å². The lowest BCUT2D eigenvalue weighted by Crippen LogP contribution is -2.51. The van der Waals surface area contributed by atoms with Gasteiger partial charge in [0.25, 0.3) is 5.91 Å². The molecule has 15 heavy (non-hydrogen) atoms. The molecule has 1 saturated heterocycles. The van der Waals surface area contributed by atoms with Crippen LogP contribution >= 0.6 is 0 Å². The van der Waals surface area contributed by atoms with Crippen LogP contribution in [0.1, 0.15) is 6.92 Å². The Hall–Kier alpha value is -1.14. The number of nitrogens with one attached hydrogen (secondary N) is 1. The first kappa shape index (κ1) is 11.9. The number of imide groups is 1. The minimum atomic E-state index is -0.824. The normalized spacial score (nSPS) is 26.3. The van der Waals surface area contributed by atoms with E-state index in [4.69, 9.17) is 5.73 Å². The van der Waals surface area contributed by atoms with Crippen molar-refractivity contribution in [2.75, 3.05) is 33.7 Å². The fourth-order valence-electron chi connectivity index (χ4n) is 1.82. The van der Waals surface area contributed by atoms with Crippen molar-refractivity contribution in [3.63, 3.8) is 0 Å². The molecule has 0 aromatic rings. The van der Waals surface area contributed by atoms with Gasteiger partial charge in [-0.05, 0) is 21.0 Å². The van der Waals surface area contributed by atoms with Crippen LogP contribution in [0, 0.1) is 0 Å². The van der Waals surface area contributed by atoms with Gasteiger partial charge in [-0.15, -0.1) is 0 Å². The van der Waals surface area contributed by atoms with Gasteiger partial charge >= 0.3 is 6.03 Å². The lowest BCUT2D eigenvalue weighted by atomic mass is 10.0. The number of likely N-dealkylation sites (N-methyl/N-ethyl adjacent to an activating group) is 1. The molecule has 1 unspecified atom stereocenters. The molecule has 1 atom stereocenters. The molecule has 1 aliphatic rings. The summed E-state index contributed by atoms with van der Waals surface area (Å²) in [4.78, 5) is 26.5.